The summed E-state index contributed by atoms with van der Waals surface area (Å²) in [6.45, 7) is 5.63. The average molecular weight is 323 g/mol. The van der Waals surface area contributed by atoms with Gasteiger partial charge in [-0.25, -0.2) is 8.42 Å². The molecule has 0 spiro atoms. The number of benzene rings is 1. The van der Waals surface area contributed by atoms with Crippen molar-refractivity contribution in [3.63, 3.8) is 0 Å². The second-order valence-electron chi connectivity index (χ2n) is 4.60. The zero-order valence-corrected chi connectivity index (χ0v) is 13.2. The second-order valence-corrected chi connectivity index (χ2v) is 7.26. The molecule has 106 valence electrons. The Hall–Kier alpha value is -0.330. The van der Waals surface area contributed by atoms with Crippen molar-refractivity contribution in [1.82, 2.24) is 9.62 Å². The molecule has 0 unspecified atom stereocenters. The molecule has 0 radical (unpaired) electrons. The lowest BCUT2D eigenvalue weighted by Gasteiger charge is -2.28. The van der Waals surface area contributed by atoms with Gasteiger partial charge in [0.25, 0.3) is 0 Å². The van der Waals surface area contributed by atoms with Crippen LogP contribution in [0.5, 0.6) is 0 Å². The number of halogens is 2. The molecule has 2 rings (SSSR count). The van der Waals surface area contributed by atoms with Gasteiger partial charge in [-0.1, -0.05) is 23.2 Å². The quantitative estimate of drug-likeness (QED) is 0.908. The summed E-state index contributed by atoms with van der Waals surface area (Å²) in [4.78, 5) is 0.140. The SMILES string of the molecule is Cc1cc(Cl)c(C)c(S(=O)(=O)N2CCNCC2)c1Cl. The topological polar surface area (TPSA) is 49.4 Å². The molecule has 1 aliphatic heterocycles. The van der Waals surface area contributed by atoms with E-state index in [1.165, 1.54) is 4.31 Å². The highest BCUT2D eigenvalue weighted by molar-refractivity contribution is 7.89. The fraction of sp³-hybridized carbons (Fsp3) is 0.500. The molecule has 1 saturated heterocycles. The number of nitrogens with one attached hydrogen (secondary N) is 1. The van der Waals surface area contributed by atoms with Gasteiger partial charge in [0.2, 0.25) is 10.0 Å². The average Bonchev–Trinajstić information content (AvgIpc) is 2.37. The Morgan fingerprint density at radius 1 is 1.21 bits per heavy atom. The molecule has 1 aromatic rings. The van der Waals surface area contributed by atoms with Crippen molar-refractivity contribution in [3.05, 3.63) is 27.2 Å². The second kappa shape index (κ2) is 5.58. The minimum Gasteiger partial charge on any atom is -0.314 e. The fourth-order valence-electron chi connectivity index (χ4n) is 2.13. The molecule has 0 saturated carbocycles. The summed E-state index contributed by atoms with van der Waals surface area (Å²) < 4.78 is 26.8. The van der Waals surface area contributed by atoms with Gasteiger partial charge in [0, 0.05) is 31.2 Å². The summed E-state index contributed by atoms with van der Waals surface area (Å²) in [5, 5.41) is 3.82. The van der Waals surface area contributed by atoms with E-state index in [0.717, 1.165) is 0 Å². The van der Waals surface area contributed by atoms with E-state index in [1.54, 1.807) is 19.9 Å². The highest BCUT2D eigenvalue weighted by Gasteiger charge is 2.30. The van der Waals surface area contributed by atoms with Gasteiger partial charge >= 0.3 is 0 Å². The lowest BCUT2D eigenvalue weighted by atomic mass is 10.2. The van der Waals surface area contributed by atoms with E-state index in [4.69, 9.17) is 23.2 Å². The maximum atomic E-state index is 12.7. The molecule has 7 heteroatoms. The van der Waals surface area contributed by atoms with Crippen LogP contribution in [-0.4, -0.2) is 38.9 Å². The van der Waals surface area contributed by atoms with Crippen LogP contribution in [0, 0.1) is 13.8 Å². The highest BCUT2D eigenvalue weighted by Crippen LogP contribution is 2.35. The molecule has 1 aliphatic rings. The van der Waals surface area contributed by atoms with Gasteiger partial charge in [0.1, 0.15) is 4.90 Å². The molecular weight excluding hydrogens is 307 g/mol. The number of hydrogen-bond acceptors (Lipinski definition) is 3. The Morgan fingerprint density at radius 3 is 2.37 bits per heavy atom. The van der Waals surface area contributed by atoms with Gasteiger partial charge in [0.15, 0.2) is 0 Å². The van der Waals surface area contributed by atoms with E-state index in [1.807, 2.05) is 0 Å². The lowest BCUT2D eigenvalue weighted by Crippen LogP contribution is -2.46. The van der Waals surface area contributed by atoms with Gasteiger partial charge < -0.3 is 5.32 Å². The van der Waals surface area contributed by atoms with Crippen LogP contribution < -0.4 is 5.32 Å². The van der Waals surface area contributed by atoms with Crippen molar-refractivity contribution in [2.45, 2.75) is 18.7 Å². The van der Waals surface area contributed by atoms with Gasteiger partial charge in [-0.05, 0) is 31.0 Å². The number of rotatable bonds is 2. The Bertz CT molecular complexity index is 570. The minimum absolute atomic E-state index is 0.140. The van der Waals surface area contributed by atoms with Gasteiger partial charge in [-0.3, -0.25) is 0 Å². The molecular formula is C12H16Cl2N2O2S. The van der Waals surface area contributed by atoms with E-state index >= 15 is 0 Å². The molecule has 0 aromatic heterocycles. The van der Waals surface area contributed by atoms with Crippen LogP contribution in [0.1, 0.15) is 11.1 Å². The summed E-state index contributed by atoms with van der Waals surface area (Å²) in [5.74, 6) is 0. The summed E-state index contributed by atoms with van der Waals surface area (Å²) >= 11 is 12.3. The van der Waals surface area contributed by atoms with E-state index in [9.17, 15) is 8.42 Å². The first-order valence-electron chi connectivity index (χ1n) is 6.01. The summed E-state index contributed by atoms with van der Waals surface area (Å²) in [5.41, 5.74) is 1.18. The monoisotopic (exact) mass is 322 g/mol. The first kappa shape index (κ1) is 15.1. The van der Waals surface area contributed by atoms with Crippen LogP contribution in [-0.2, 0) is 10.0 Å². The minimum atomic E-state index is -3.59. The number of nitrogens with zero attached hydrogens (tertiary/aromatic N) is 1. The standard InChI is InChI=1S/C12H16Cl2N2O2S/c1-8-7-10(13)9(2)12(11(8)14)19(17,18)16-5-3-15-4-6-16/h7,15H,3-6H2,1-2H3. The molecule has 0 aliphatic carbocycles. The van der Waals surface area contributed by atoms with Crippen molar-refractivity contribution in [3.8, 4) is 0 Å². The first-order valence-corrected chi connectivity index (χ1v) is 8.21. The fourth-order valence-corrected chi connectivity index (χ4v) is 4.74. The highest BCUT2D eigenvalue weighted by atomic mass is 35.5. The summed E-state index contributed by atoms with van der Waals surface area (Å²) in [7, 11) is -3.59. The Morgan fingerprint density at radius 2 is 1.79 bits per heavy atom. The number of aryl methyl sites for hydroxylation is 1. The van der Waals surface area contributed by atoms with E-state index in [0.29, 0.717) is 42.3 Å². The normalized spacial score (nSPS) is 17.7. The third kappa shape index (κ3) is 2.76. The van der Waals surface area contributed by atoms with Crippen LogP contribution in [0.3, 0.4) is 0 Å². The zero-order valence-electron chi connectivity index (χ0n) is 10.8. The number of piperazine rings is 1. The third-order valence-corrected chi connectivity index (χ3v) is 6.32. The van der Waals surface area contributed by atoms with Crippen LogP contribution >= 0.6 is 23.2 Å². The predicted molar refractivity (Wildman–Crippen MR) is 77.6 cm³/mol. The van der Waals surface area contributed by atoms with Gasteiger partial charge in [-0.15, -0.1) is 0 Å². The summed E-state index contributed by atoms with van der Waals surface area (Å²) in [6, 6.07) is 1.69. The molecule has 1 aromatic carbocycles. The lowest BCUT2D eigenvalue weighted by molar-refractivity contribution is 0.360. The van der Waals surface area contributed by atoms with E-state index < -0.39 is 10.0 Å². The largest absolute Gasteiger partial charge is 0.314 e. The first-order chi connectivity index (χ1) is 8.85. The molecule has 1 N–H and O–H groups in total. The molecule has 4 nitrogen and oxygen atoms in total. The van der Waals surface area contributed by atoms with Crippen molar-refractivity contribution in [2.75, 3.05) is 26.2 Å². The Balaban J connectivity index is 2.57. The van der Waals surface area contributed by atoms with Crippen molar-refractivity contribution >= 4 is 33.2 Å². The Labute approximate surface area is 123 Å². The molecule has 0 atom stereocenters. The van der Waals surface area contributed by atoms with Crippen molar-refractivity contribution in [1.29, 1.82) is 0 Å². The van der Waals surface area contributed by atoms with Crippen molar-refractivity contribution < 1.29 is 8.42 Å². The molecule has 0 bridgehead atoms. The van der Waals surface area contributed by atoms with Gasteiger partial charge in [-0.2, -0.15) is 4.31 Å². The smallest absolute Gasteiger partial charge is 0.244 e. The molecule has 1 fully saturated rings. The van der Waals surface area contributed by atoms with Crippen molar-refractivity contribution in [2.24, 2.45) is 0 Å². The zero-order chi connectivity index (χ0) is 14.2. The molecule has 0 amide bonds. The van der Waals surface area contributed by atoms with E-state index in [2.05, 4.69) is 5.32 Å². The van der Waals surface area contributed by atoms with E-state index in [-0.39, 0.29) is 9.92 Å². The Kier molecular flexibility index (Phi) is 4.42. The van der Waals surface area contributed by atoms with Crippen LogP contribution in [0.25, 0.3) is 0 Å². The number of sulfonamides is 1. The molecule has 19 heavy (non-hydrogen) atoms. The van der Waals surface area contributed by atoms with Crippen LogP contribution in [0.2, 0.25) is 10.0 Å². The molecule has 1 heterocycles. The van der Waals surface area contributed by atoms with Crippen LogP contribution in [0.4, 0.5) is 0 Å². The van der Waals surface area contributed by atoms with Gasteiger partial charge in [0.05, 0.1) is 5.02 Å². The maximum absolute atomic E-state index is 12.7. The van der Waals surface area contributed by atoms with Crippen LogP contribution in [0.15, 0.2) is 11.0 Å². The number of hydrogen-bond donors (Lipinski definition) is 1. The third-order valence-electron chi connectivity index (χ3n) is 3.26. The predicted octanol–water partition coefficient (Wildman–Crippen LogP) is 2.20. The maximum Gasteiger partial charge on any atom is 0.244 e. The summed E-state index contributed by atoms with van der Waals surface area (Å²) in [6.07, 6.45) is 0.